The van der Waals surface area contributed by atoms with Crippen molar-refractivity contribution in [2.24, 2.45) is 0 Å². The third-order valence-electron chi connectivity index (χ3n) is 6.23. The zero-order valence-corrected chi connectivity index (χ0v) is 15.8. The second-order valence-corrected chi connectivity index (χ2v) is 7.78. The van der Waals surface area contributed by atoms with E-state index in [1.165, 1.54) is 20.9 Å². The van der Waals surface area contributed by atoms with Gasteiger partial charge in [0, 0.05) is 11.1 Å². The first kappa shape index (κ1) is 17.2. The monoisotopic (exact) mass is 371 g/mol. The molecule has 1 fully saturated rings. The van der Waals surface area contributed by atoms with Gasteiger partial charge in [0.25, 0.3) is 0 Å². The molecule has 3 N–H and O–H groups in total. The molecule has 2 heterocycles. The number of para-hydroxylation sites is 1. The zero-order chi connectivity index (χ0) is 19.0. The Labute approximate surface area is 165 Å². The van der Waals surface area contributed by atoms with Gasteiger partial charge in [-0.25, -0.2) is 0 Å². The molecule has 0 saturated carbocycles. The van der Waals surface area contributed by atoms with E-state index in [-0.39, 0.29) is 5.91 Å². The van der Waals surface area contributed by atoms with Crippen molar-refractivity contribution < 1.29 is 14.6 Å². The molecule has 0 radical (unpaired) electrons. The van der Waals surface area contributed by atoms with Crippen molar-refractivity contribution in [3.63, 3.8) is 0 Å². The summed E-state index contributed by atoms with van der Waals surface area (Å²) in [5.74, 6) is 0.128. The van der Waals surface area contributed by atoms with Crippen LogP contribution in [0.3, 0.4) is 0 Å². The van der Waals surface area contributed by atoms with Crippen molar-refractivity contribution >= 4 is 11.6 Å². The lowest BCUT2D eigenvalue weighted by atomic mass is 9.97. The standard InChI is InChI=1S/C24H23N3O/c28-23-24(21-13-7-8-14-22(21)25-23)26(17-19-9-3-1-4-10-19)15-16-27(24)18-20-11-5-2-6-12-20/h1-14H,15-18H2,(H,25,28)/p+2. The Morgan fingerprint density at radius 1 is 0.714 bits per heavy atom. The maximum absolute atomic E-state index is 13.5. The number of carbonyl (C=O) groups is 1. The van der Waals surface area contributed by atoms with Gasteiger partial charge < -0.3 is 5.32 Å². The number of amides is 1. The predicted octanol–water partition coefficient (Wildman–Crippen LogP) is 0.975. The van der Waals surface area contributed by atoms with Crippen molar-refractivity contribution in [2.45, 2.75) is 18.8 Å². The van der Waals surface area contributed by atoms with E-state index in [9.17, 15) is 4.79 Å². The Kier molecular flexibility index (Phi) is 4.23. The number of hydrogen-bond donors (Lipinski definition) is 3. The smallest absolute Gasteiger partial charge is 0.314 e. The quantitative estimate of drug-likeness (QED) is 0.628. The molecule has 1 saturated heterocycles. The van der Waals surface area contributed by atoms with Crippen LogP contribution in [0.2, 0.25) is 0 Å². The first-order valence-corrected chi connectivity index (χ1v) is 9.97. The minimum atomic E-state index is -0.595. The van der Waals surface area contributed by atoms with Crippen molar-refractivity contribution in [1.82, 2.24) is 0 Å². The van der Waals surface area contributed by atoms with Gasteiger partial charge in [0.05, 0.1) is 5.69 Å². The van der Waals surface area contributed by atoms with Crippen LogP contribution in [0.15, 0.2) is 84.9 Å². The van der Waals surface area contributed by atoms with E-state index < -0.39 is 5.66 Å². The first-order chi connectivity index (χ1) is 13.8. The number of anilines is 1. The summed E-state index contributed by atoms with van der Waals surface area (Å²) in [6.07, 6.45) is 0. The third kappa shape index (κ3) is 2.65. The molecule has 1 amide bonds. The molecule has 0 aliphatic carbocycles. The van der Waals surface area contributed by atoms with Gasteiger partial charge in [-0.3, -0.25) is 14.6 Å². The summed E-state index contributed by atoms with van der Waals surface area (Å²) in [6.45, 7) is 3.64. The average molecular weight is 371 g/mol. The van der Waals surface area contributed by atoms with E-state index >= 15 is 0 Å². The molecule has 140 valence electrons. The summed E-state index contributed by atoms with van der Waals surface area (Å²) in [5.41, 5.74) is 4.05. The number of carbonyl (C=O) groups excluding carboxylic acids is 1. The fourth-order valence-electron chi connectivity index (χ4n) is 5.01. The fourth-order valence-corrected chi connectivity index (χ4v) is 5.01. The number of rotatable bonds is 4. The SMILES string of the molecule is O=C1Nc2ccccc2C12[NH+](Cc1ccccc1)CC[NH+]2Cc1ccccc1. The highest BCUT2D eigenvalue weighted by atomic mass is 16.2. The van der Waals surface area contributed by atoms with Gasteiger partial charge in [0.2, 0.25) is 0 Å². The molecule has 2 aliphatic heterocycles. The van der Waals surface area contributed by atoms with Crippen LogP contribution in [0.25, 0.3) is 0 Å². The lowest BCUT2D eigenvalue weighted by molar-refractivity contribution is -1.11. The second-order valence-electron chi connectivity index (χ2n) is 7.78. The van der Waals surface area contributed by atoms with Gasteiger partial charge in [0.15, 0.2) is 0 Å². The molecule has 0 aromatic heterocycles. The molecule has 3 aromatic rings. The van der Waals surface area contributed by atoms with Gasteiger partial charge in [-0.1, -0.05) is 72.8 Å². The molecule has 1 spiro atoms. The summed E-state index contributed by atoms with van der Waals surface area (Å²) >= 11 is 0. The van der Waals surface area contributed by atoms with E-state index in [2.05, 4.69) is 66.0 Å². The second kappa shape index (κ2) is 6.89. The molecule has 2 atom stereocenters. The predicted molar refractivity (Wildman–Crippen MR) is 109 cm³/mol. The Bertz CT molecular complexity index is 938. The Morgan fingerprint density at radius 2 is 1.21 bits per heavy atom. The Hall–Kier alpha value is -2.95. The summed E-state index contributed by atoms with van der Waals surface area (Å²) < 4.78 is 0. The van der Waals surface area contributed by atoms with Crippen LogP contribution in [0.5, 0.6) is 0 Å². The van der Waals surface area contributed by atoms with Crippen molar-refractivity contribution in [3.05, 3.63) is 102 Å². The molecule has 3 aromatic carbocycles. The zero-order valence-electron chi connectivity index (χ0n) is 15.8. The molecule has 4 nitrogen and oxygen atoms in total. The van der Waals surface area contributed by atoms with Crippen molar-refractivity contribution in [1.29, 1.82) is 0 Å². The summed E-state index contributed by atoms with van der Waals surface area (Å²) in [4.78, 5) is 16.2. The highest BCUT2D eigenvalue weighted by molar-refractivity contribution is 6.03. The molecule has 2 aliphatic rings. The van der Waals surface area contributed by atoms with Gasteiger partial charge in [-0.05, 0) is 12.1 Å². The summed E-state index contributed by atoms with van der Waals surface area (Å²) in [7, 11) is 0. The molecular formula is C24H25N3O+2. The molecule has 5 rings (SSSR count). The molecule has 2 unspecified atom stereocenters. The minimum Gasteiger partial charge on any atom is -0.314 e. The largest absolute Gasteiger partial charge is 0.351 e. The first-order valence-electron chi connectivity index (χ1n) is 9.97. The summed E-state index contributed by atoms with van der Waals surface area (Å²) in [5, 5.41) is 3.18. The van der Waals surface area contributed by atoms with Crippen LogP contribution >= 0.6 is 0 Å². The normalized spacial score (nSPS) is 25.6. The topological polar surface area (TPSA) is 38.0 Å². The van der Waals surface area contributed by atoms with Crippen LogP contribution in [-0.4, -0.2) is 19.0 Å². The van der Waals surface area contributed by atoms with E-state index in [1.54, 1.807) is 0 Å². The van der Waals surface area contributed by atoms with Crippen LogP contribution < -0.4 is 15.1 Å². The van der Waals surface area contributed by atoms with Crippen LogP contribution in [0.1, 0.15) is 16.7 Å². The lowest BCUT2D eigenvalue weighted by Crippen LogP contribution is -3.32. The van der Waals surface area contributed by atoms with E-state index in [1.807, 2.05) is 24.3 Å². The van der Waals surface area contributed by atoms with Crippen molar-refractivity contribution in [2.75, 3.05) is 18.4 Å². The number of benzene rings is 3. The number of nitrogens with one attached hydrogen (secondary N) is 3. The van der Waals surface area contributed by atoms with E-state index in [0.29, 0.717) is 0 Å². The van der Waals surface area contributed by atoms with Gasteiger partial charge in [0.1, 0.15) is 31.7 Å². The third-order valence-corrected chi connectivity index (χ3v) is 6.23. The van der Waals surface area contributed by atoms with Crippen LogP contribution in [0, 0.1) is 0 Å². The van der Waals surface area contributed by atoms with Gasteiger partial charge >= 0.3 is 11.6 Å². The number of quaternary nitrogens is 2. The van der Waals surface area contributed by atoms with Gasteiger partial charge in [-0.15, -0.1) is 0 Å². The highest BCUT2D eigenvalue weighted by Crippen LogP contribution is 2.31. The van der Waals surface area contributed by atoms with E-state index in [4.69, 9.17) is 0 Å². The number of fused-ring (bicyclic) bond motifs is 2. The summed E-state index contributed by atoms with van der Waals surface area (Å²) in [6, 6.07) is 29.3. The molecular weight excluding hydrogens is 346 g/mol. The fraction of sp³-hybridized carbons (Fsp3) is 0.208. The van der Waals surface area contributed by atoms with Crippen LogP contribution in [0.4, 0.5) is 5.69 Å². The van der Waals surface area contributed by atoms with Crippen molar-refractivity contribution in [3.8, 4) is 0 Å². The molecule has 4 heteroatoms. The molecule has 0 bridgehead atoms. The van der Waals surface area contributed by atoms with Gasteiger partial charge in [-0.2, -0.15) is 0 Å². The number of hydrogen-bond acceptors (Lipinski definition) is 1. The molecule has 28 heavy (non-hydrogen) atoms. The average Bonchev–Trinajstić information content (AvgIpc) is 3.23. The Balaban J connectivity index is 1.58. The van der Waals surface area contributed by atoms with E-state index in [0.717, 1.165) is 37.4 Å². The lowest BCUT2D eigenvalue weighted by Gasteiger charge is -2.32. The van der Waals surface area contributed by atoms with Crippen LogP contribution in [-0.2, 0) is 23.5 Å². The maximum Gasteiger partial charge on any atom is 0.351 e. The Morgan fingerprint density at radius 3 is 1.79 bits per heavy atom. The maximum atomic E-state index is 13.5. The highest BCUT2D eigenvalue weighted by Gasteiger charge is 2.66. The minimum absolute atomic E-state index is 0.128.